The molecule has 5 heteroatoms. The molecule has 0 fully saturated rings. The number of hydrogen-bond acceptors (Lipinski definition) is 3. The van der Waals surface area contributed by atoms with Gasteiger partial charge in [-0.25, -0.2) is 0 Å². The van der Waals surface area contributed by atoms with Crippen molar-refractivity contribution in [1.29, 1.82) is 0 Å². The fraction of sp³-hybridized carbons (Fsp3) is 0.174. The lowest BCUT2D eigenvalue weighted by Crippen LogP contribution is -2.30. The van der Waals surface area contributed by atoms with Gasteiger partial charge in [0.05, 0.1) is 6.04 Å². The third kappa shape index (κ3) is 4.47. The van der Waals surface area contributed by atoms with Crippen molar-refractivity contribution in [3.05, 3.63) is 93.1 Å². The molecule has 1 aliphatic heterocycles. The predicted octanol–water partition coefficient (Wildman–Crippen LogP) is 4.78. The fourth-order valence-electron chi connectivity index (χ4n) is 3.25. The first kappa shape index (κ1) is 18.8. The predicted molar refractivity (Wildman–Crippen MR) is 117 cm³/mol. The first-order valence-corrected chi connectivity index (χ1v) is 10.3. The van der Waals surface area contributed by atoms with Gasteiger partial charge in [-0.2, -0.15) is 0 Å². The lowest BCUT2D eigenvalue weighted by molar-refractivity contribution is 0.0936. The summed E-state index contributed by atoms with van der Waals surface area (Å²) in [5.74, 6) is 1.39. The van der Waals surface area contributed by atoms with Gasteiger partial charge in [0.25, 0.3) is 5.91 Å². The summed E-state index contributed by atoms with van der Waals surface area (Å²) >= 11 is 2.22. The van der Waals surface area contributed by atoms with Crippen LogP contribution in [0.1, 0.15) is 27.5 Å². The van der Waals surface area contributed by atoms with Crippen LogP contribution in [0.15, 0.2) is 72.8 Å². The van der Waals surface area contributed by atoms with Crippen LogP contribution in [-0.2, 0) is 6.42 Å². The second-order valence-corrected chi connectivity index (χ2v) is 7.87. The van der Waals surface area contributed by atoms with E-state index in [4.69, 9.17) is 9.47 Å². The van der Waals surface area contributed by atoms with Crippen LogP contribution in [0.5, 0.6) is 11.5 Å². The molecule has 28 heavy (non-hydrogen) atoms. The summed E-state index contributed by atoms with van der Waals surface area (Å²) in [5, 5.41) is 3.19. The van der Waals surface area contributed by atoms with Crippen LogP contribution >= 0.6 is 22.6 Å². The first-order valence-electron chi connectivity index (χ1n) is 9.19. The van der Waals surface area contributed by atoms with Gasteiger partial charge in [-0.05, 0) is 70.5 Å². The topological polar surface area (TPSA) is 47.6 Å². The zero-order chi connectivity index (χ0) is 19.3. The minimum atomic E-state index is -0.177. The second kappa shape index (κ2) is 8.65. The van der Waals surface area contributed by atoms with Crippen LogP contribution in [0, 0.1) is 3.57 Å². The summed E-state index contributed by atoms with van der Waals surface area (Å²) < 4.78 is 12.4. The van der Waals surface area contributed by atoms with Crippen molar-refractivity contribution in [3.8, 4) is 11.5 Å². The van der Waals surface area contributed by atoms with E-state index >= 15 is 0 Å². The van der Waals surface area contributed by atoms with Gasteiger partial charge >= 0.3 is 0 Å². The molecule has 142 valence electrons. The summed E-state index contributed by atoms with van der Waals surface area (Å²) in [6.45, 7) is 1.10. The summed E-state index contributed by atoms with van der Waals surface area (Å²) in [4.78, 5) is 12.9. The highest BCUT2D eigenvalue weighted by Crippen LogP contribution is 2.33. The Bertz CT molecular complexity index is 975. The van der Waals surface area contributed by atoms with Crippen molar-refractivity contribution in [1.82, 2.24) is 5.32 Å². The first-order chi connectivity index (χ1) is 13.7. The molecule has 1 aliphatic rings. The lowest BCUT2D eigenvalue weighted by Gasteiger charge is -2.23. The van der Waals surface area contributed by atoms with Crippen LogP contribution < -0.4 is 14.8 Å². The number of carbonyl (C=O) groups excluding carboxylic acids is 1. The molecule has 0 bridgehead atoms. The molecule has 0 saturated carbocycles. The molecule has 3 aromatic carbocycles. The monoisotopic (exact) mass is 485 g/mol. The maximum atomic E-state index is 12.9. The average molecular weight is 485 g/mol. The molecule has 4 nitrogen and oxygen atoms in total. The Hall–Kier alpha value is -2.54. The van der Waals surface area contributed by atoms with Gasteiger partial charge < -0.3 is 14.8 Å². The summed E-state index contributed by atoms with van der Waals surface area (Å²) in [6.07, 6.45) is 0.691. The van der Waals surface area contributed by atoms with E-state index in [1.807, 2.05) is 60.7 Å². The number of carbonyl (C=O) groups is 1. The van der Waals surface area contributed by atoms with E-state index in [-0.39, 0.29) is 11.9 Å². The standard InChI is InChI=1S/C23H20INO3/c24-19-8-4-7-18(14-19)23(26)25-20(13-16-5-2-1-3-6-16)17-9-10-21-22(15-17)28-12-11-27-21/h1-10,14-15,20H,11-13H2,(H,25,26). The Kier molecular flexibility index (Phi) is 5.81. The molecule has 0 spiro atoms. The maximum absolute atomic E-state index is 12.9. The largest absolute Gasteiger partial charge is 0.486 e. The smallest absolute Gasteiger partial charge is 0.251 e. The molecule has 0 aliphatic carbocycles. The molecule has 1 amide bonds. The highest BCUT2D eigenvalue weighted by molar-refractivity contribution is 14.1. The Labute approximate surface area is 178 Å². The van der Waals surface area contributed by atoms with Crippen molar-refractivity contribution in [2.45, 2.75) is 12.5 Å². The van der Waals surface area contributed by atoms with Gasteiger partial charge in [-0.1, -0.05) is 42.5 Å². The SMILES string of the molecule is O=C(NC(Cc1ccccc1)c1ccc2c(c1)OCCO2)c1cccc(I)c1. The third-order valence-electron chi connectivity index (χ3n) is 4.64. The molecule has 1 heterocycles. The number of hydrogen-bond donors (Lipinski definition) is 1. The Balaban J connectivity index is 1.63. The summed E-state index contributed by atoms with van der Waals surface area (Å²) in [7, 11) is 0. The Morgan fingerprint density at radius 2 is 1.71 bits per heavy atom. The molecular formula is C23H20INO3. The van der Waals surface area contributed by atoms with Crippen molar-refractivity contribution in [2.24, 2.45) is 0 Å². The van der Waals surface area contributed by atoms with Gasteiger partial charge in [0.2, 0.25) is 0 Å². The molecule has 0 aromatic heterocycles. The summed E-state index contributed by atoms with van der Waals surface area (Å²) in [6, 6.07) is 23.5. The number of rotatable bonds is 5. The maximum Gasteiger partial charge on any atom is 0.251 e. The van der Waals surface area contributed by atoms with Crippen LogP contribution in [0.4, 0.5) is 0 Å². The van der Waals surface area contributed by atoms with Crippen molar-refractivity contribution >= 4 is 28.5 Å². The molecule has 4 rings (SSSR count). The van der Waals surface area contributed by atoms with Crippen LogP contribution in [0.3, 0.4) is 0 Å². The zero-order valence-corrected chi connectivity index (χ0v) is 17.4. The number of fused-ring (bicyclic) bond motifs is 1. The third-order valence-corrected chi connectivity index (χ3v) is 5.31. The van der Waals surface area contributed by atoms with Crippen molar-refractivity contribution in [3.63, 3.8) is 0 Å². The van der Waals surface area contributed by atoms with Crippen molar-refractivity contribution in [2.75, 3.05) is 13.2 Å². The van der Waals surface area contributed by atoms with Gasteiger partial charge in [0.15, 0.2) is 11.5 Å². The number of ether oxygens (including phenoxy) is 2. The van der Waals surface area contributed by atoms with E-state index in [9.17, 15) is 4.79 Å². The molecule has 1 atom stereocenters. The van der Waals surface area contributed by atoms with Gasteiger partial charge in [-0.3, -0.25) is 4.79 Å². The molecule has 3 aromatic rings. The lowest BCUT2D eigenvalue weighted by atomic mass is 9.97. The molecule has 0 saturated heterocycles. The van der Waals surface area contributed by atoms with E-state index in [2.05, 4.69) is 40.0 Å². The Morgan fingerprint density at radius 1 is 0.929 bits per heavy atom. The number of halogens is 1. The normalized spacial score (nSPS) is 13.6. The van der Waals surface area contributed by atoms with Crippen LogP contribution in [-0.4, -0.2) is 19.1 Å². The summed E-state index contributed by atoms with van der Waals surface area (Å²) in [5.41, 5.74) is 2.81. The minimum absolute atomic E-state index is 0.0886. The van der Waals surface area contributed by atoms with Crippen LogP contribution in [0.2, 0.25) is 0 Å². The molecule has 1 unspecified atom stereocenters. The molecule has 1 N–H and O–H groups in total. The van der Waals surface area contributed by atoms with E-state index in [0.29, 0.717) is 25.2 Å². The van der Waals surface area contributed by atoms with Gasteiger partial charge in [-0.15, -0.1) is 0 Å². The molecular weight excluding hydrogens is 465 g/mol. The minimum Gasteiger partial charge on any atom is -0.486 e. The molecule has 0 radical (unpaired) electrons. The van der Waals surface area contributed by atoms with Gasteiger partial charge in [0.1, 0.15) is 13.2 Å². The van der Waals surface area contributed by atoms with E-state index in [1.54, 1.807) is 0 Å². The quantitative estimate of drug-likeness (QED) is 0.530. The second-order valence-electron chi connectivity index (χ2n) is 6.63. The highest BCUT2D eigenvalue weighted by atomic mass is 127. The zero-order valence-electron chi connectivity index (χ0n) is 15.2. The van der Waals surface area contributed by atoms with E-state index in [0.717, 1.165) is 26.2 Å². The van der Waals surface area contributed by atoms with E-state index in [1.165, 1.54) is 0 Å². The van der Waals surface area contributed by atoms with Crippen molar-refractivity contribution < 1.29 is 14.3 Å². The van der Waals surface area contributed by atoms with E-state index < -0.39 is 0 Å². The van der Waals surface area contributed by atoms with Gasteiger partial charge in [0, 0.05) is 9.13 Å². The average Bonchev–Trinajstić information content (AvgIpc) is 2.73. The highest BCUT2D eigenvalue weighted by Gasteiger charge is 2.20. The van der Waals surface area contributed by atoms with Crippen LogP contribution in [0.25, 0.3) is 0 Å². The number of benzene rings is 3. The Morgan fingerprint density at radius 3 is 2.50 bits per heavy atom. The number of nitrogens with one attached hydrogen (secondary N) is 1. The fourth-order valence-corrected chi connectivity index (χ4v) is 3.79. The number of amides is 1.